The van der Waals surface area contributed by atoms with Crippen LogP contribution in [-0.4, -0.2) is 28.1 Å². The summed E-state index contributed by atoms with van der Waals surface area (Å²) in [6.07, 6.45) is 4.06. The number of furan rings is 1. The van der Waals surface area contributed by atoms with Crippen molar-refractivity contribution in [2.75, 3.05) is 5.32 Å². The molecule has 0 aliphatic rings. The first-order valence-electron chi connectivity index (χ1n) is 6.10. The van der Waals surface area contributed by atoms with E-state index in [1.165, 1.54) is 30.5 Å². The first-order valence-corrected chi connectivity index (χ1v) is 6.10. The molecule has 3 N–H and O–H groups in total. The molecule has 1 aromatic heterocycles. The second-order valence-electron chi connectivity index (χ2n) is 4.25. The molecule has 0 unspecified atom stereocenters. The number of rotatable bonds is 5. The number of carbonyl (C=O) groups excluding carboxylic acids is 1. The van der Waals surface area contributed by atoms with Gasteiger partial charge in [-0.15, -0.1) is 0 Å². The predicted octanol–water partition coefficient (Wildman–Crippen LogP) is 2.33. The lowest BCUT2D eigenvalue weighted by atomic mass is 10.1. The van der Waals surface area contributed by atoms with Crippen LogP contribution in [0.25, 0.3) is 6.08 Å². The van der Waals surface area contributed by atoms with Gasteiger partial charge in [0.05, 0.1) is 17.4 Å². The minimum Gasteiger partial charge on any atom is -0.478 e. The van der Waals surface area contributed by atoms with Gasteiger partial charge in [-0.2, -0.15) is 0 Å². The van der Waals surface area contributed by atoms with Gasteiger partial charge in [-0.1, -0.05) is 0 Å². The Morgan fingerprint density at radius 3 is 2.18 bits per heavy atom. The maximum absolute atomic E-state index is 11.7. The first-order chi connectivity index (χ1) is 10.5. The fourth-order valence-corrected chi connectivity index (χ4v) is 1.67. The largest absolute Gasteiger partial charge is 0.478 e. The summed E-state index contributed by atoms with van der Waals surface area (Å²) >= 11 is 0. The van der Waals surface area contributed by atoms with Crippen molar-refractivity contribution in [1.29, 1.82) is 0 Å². The standard InChI is InChI=1S/C15H11NO6/c17-13(4-3-12-2-1-5-22-12)16-11-7-9(14(18)19)6-10(8-11)15(20)21/h1-8H,(H,16,17)(H,18,19)(H,20,21). The summed E-state index contributed by atoms with van der Waals surface area (Å²) in [7, 11) is 0. The molecule has 1 heterocycles. The molecule has 7 heteroatoms. The van der Waals surface area contributed by atoms with Crippen LogP contribution in [0, 0.1) is 0 Å². The topological polar surface area (TPSA) is 117 Å². The summed E-state index contributed by atoms with van der Waals surface area (Å²) < 4.78 is 5.01. The highest BCUT2D eigenvalue weighted by Gasteiger charge is 2.12. The van der Waals surface area contributed by atoms with E-state index in [2.05, 4.69) is 5.32 Å². The molecule has 0 aliphatic carbocycles. The van der Waals surface area contributed by atoms with Crippen LogP contribution in [0.15, 0.2) is 47.1 Å². The fraction of sp³-hybridized carbons (Fsp3) is 0. The van der Waals surface area contributed by atoms with E-state index in [9.17, 15) is 14.4 Å². The number of hydrogen-bond donors (Lipinski definition) is 3. The number of carboxylic acid groups (broad SMARTS) is 2. The highest BCUT2D eigenvalue weighted by Crippen LogP contribution is 2.16. The lowest BCUT2D eigenvalue weighted by Gasteiger charge is -2.05. The van der Waals surface area contributed by atoms with Crippen molar-refractivity contribution in [2.45, 2.75) is 0 Å². The Bertz CT molecular complexity index is 713. The quantitative estimate of drug-likeness (QED) is 0.730. The number of nitrogens with one attached hydrogen (secondary N) is 1. The highest BCUT2D eigenvalue weighted by atomic mass is 16.4. The molecule has 0 saturated carbocycles. The summed E-state index contributed by atoms with van der Waals surface area (Å²) in [5, 5.41) is 20.3. The number of amides is 1. The third kappa shape index (κ3) is 3.83. The van der Waals surface area contributed by atoms with E-state index in [0.717, 1.165) is 6.07 Å². The van der Waals surface area contributed by atoms with Gasteiger partial charge >= 0.3 is 11.9 Å². The number of hydrogen-bond acceptors (Lipinski definition) is 4. The van der Waals surface area contributed by atoms with Gasteiger partial charge in [0.25, 0.3) is 0 Å². The van der Waals surface area contributed by atoms with Crippen molar-refractivity contribution in [2.24, 2.45) is 0 Å². The third-order valence-electron chi connectivity index (χ3n) is 2.64. The van der Waals surface area contributed by atoms with Gasteiger partial charge in [0.1, 0.15) is 5.76 Å². The molecule has 22 heavy (non-hydrogen) atoms. The molecule has 1 amide bonds. The molecule has 0 saturated heterocycles. The Labute approximate surface area is 124 Å². The fourth-order valence-electron chi connectivity index (χ4n) is 1.67. The molecule has 2 aromatic rings. The van der Waals surface area contributed by atoms with Crippen LogP contribution in [0.5, 0.6) is 0 Å². The lowest BCUT2D eigenvalue weighted by molar-refractivity contribution is -0.111. The first kappa shape index (κ1) is 15.0. The predicted molar refractivity (Wildman–Crippen MR) is 76.7 cm³/mol. The van der Waals surface area contributed by atoms with Crippen LogP contribution < -0.4 is 5.32 Å². The monoisotopic (exact) mass is 301 g/mol. The molecule has 2 rings (SSSR count). The van der Waals surface area contributed by atoms with Crippen molar-refractivity contribution in [3.05, 3.63) is 59.6 Å². The zero-order valence-electron chi connectivity index (χ0n) is 11.1. The van der Waals surface area contributed by atoms with Crippen molar-refractivity contribution >= 4 is 29.6 Å². The second-order valence-corrected chi connectivity index (χ2v) is 4.25. The van der Waals surface area contributed by atoms with E-state index < -0.39 is 17.8 Å². The van der Waals surface area contributed by atoms with Crippen LogP contribution in [0.2, 0.25) is 0 Å². The van der Waals surface area contributed by atoms with E-state index in [0.29, 0.717) is 5.76 Å². The summed E-state index contributed by atoms with van der Waals surface area (Å²) in [5.74, 6) is -2.65. The van der Waals surface area contributed by atoms with E-state index in [1.54, 1.807) is 12.1 Å². The normalized spacial score (nSPS) is 10.5. The third-order valence-corrected chi connectivity index (χ3v) is 2.64. The van der Waals surface area contributed by atoms with Gasteiger partial charge in [-0.25, -0.2) is 9.59 Å². The molecule has 0 spiro atoms. The Morgan fingerprint density at radius 1 is 1.05 bits per heavy atom. The van der Waals surface area contributed by atoms with Gasteiger partial charge in [0.15, 0.2) is 0 Å². The number of anilines is 1. The summed E-state index contributed by atoms with van der Waals surface area (Å²) in [5.41, 5.74) is -0.387. The summed E-state index contributed by atoms with van der Waals surface area (Å²) in [6.45, 7) is 0. The molecule has 0 atom stereocenters. The Morgan fingerprint density at radius 2 is 1.68 bits per heavy atom. The molecule has 1 aromatic carbocycles. The summed E-state index contributed by atoms with van der Waals surface area (Å²) in [6, 6.07) is 6.67. The molecule has 0 radical (unpaired) electrons. The molecular weight excluding hydrogens is 290 g/mol. The molecule has 112 valence electrons. The van der Waals surface area contributed by atoms with Crippen molar-refractivity contribution in [3.63, 3.8) is 0 Å². The zero-order chi connectivity index (χ0) is 16.1. The number of benzene rings is 1. The Kier molecular flexibility index (Phi) is 4.38. The van der Waals surface area contributed by atoms with Crippen LogP contribution in [-0.2, 0) is 4.79 Å². The number of aromatic carboxylic acids is 2. The van der Waals surface area contributed by atoms with Crippen molar-refractivity contribution in [3.8, 4) is 0 Å². The Hall–Kier alpha value is -3.35. The van der Waals surface area contributed by atoms with Crippen LogP contribution >= 0.6 is 0 Å². The Balaban J connectivity index is 2.19. The minimum atomic E-state index is -1.29. The SMILES string of the molecule is O=C(C=Cc1ccco1)Nc1cc(C(=O)O)cc(C(=O)O)c1. The highest BCUT2D eigenvalue weighted by molar-refractivity contribution is 6.03. The van der Waals surface area contributed by atoms with E-state index in [1.807, 2.05) is 0 Å². The lowest BCUT2D eigenvalue weighted by Crippen LogP contribution is -2.10. The van der Waals surface area contributed by atoms with Gasteiger partial charge < -0.3 is 19.9 Å². The van der Waals surface area contributed by atoms with E-state index in [-0.39, 0.29) is 16.8 Å². The van der Waals surface area contributed by atoms with Gasteiger partial charge in [-0.05, 0) is 36.4 Å². The summed E-state index contributed by atoms with van der Waals surface area (Å²) in [4.78, 5) is 33.7. The average Bonchev–Trinajstić information content (AvgIpc) is 2.98. The molecule has 7 nitrogen and oxygen atoms in total. The van der Waals surface area contributed by atoms with E-state index >= 15 is 0 Å². The van der Waals surface area contributed by atoms with Gasteiger partial charge in [0.2, 0.25) is 5.91 Å². The average molecular weight is 301 g/mol. The van der Waals surface area contributed by atoms with Crippen LogP contribution in [0.4, 0.5) is 5.69 Å². The molecule has 0 aliphatic heterocycles. The van der Waals surface area contributed by atoms with Gasteiger partial charge in [0, 0.05) is 11.8 Å². The molecule has 0 fully saturated rings. The van der Waals surface area contributed by atoms with E-state index in [4.69, 9.17) is 14.6 Å². The van der Waals surface area contributed by atoms with Crippen molar-refractivity contribution in [1.82, 2.24) is 0 Å². The van der Waals surface area contributed by atoms with Crippen molar-refractivity contribution < 1.29 is 29.0 Å². The smallest absolute Gasteiger partial charge is 0.335 e. The zero-order valence-corrected chi connectivity index (χ0v) is 11.1. The molecule has 0 bridgehead atoms. The maximum atomic E-state index is 11.7. The molecular formula is C15H11NO6. The minimum absolute atomic E-state index is 0.0754. The van der Waals surface area contributed by atoms with Gasteiger partial charge in [-0.3, -0.25) is 4.79 Å². The van der Waals surface area contributed by atoms with Crippen LogP contribution in [0.1, 0.15) is 26.5 Å². The number of carbonyl (C=O) groups is 3. The number of carboxylic acids is 2. The second kappa shape index (κ2) is 6.40. The maximum Gasteiger partial charge on any atom is 0.335 e. The van der Waals surface area contributed by atoms with Crippen LogP contribution in [0.3, 0.4) is 0 Å².